The van der Waals surface area contributed by atoms with E-state index in [-0.39, 0.29) is 5.97 Å². The maximum absolute atomic E-state index is 11.8. The van der Waals surface area contributed by atoms with Gasteiger partial charge in [0.15, 0.2) is 0 Å². The minimum absolute atomic E-state index is 0.276. The van der Waals surface area contributed by atoms with Gasteiger partial charge in [-0.3, -0.25) is 9.69 Å². The van der Waals surface area contributed by atoms with Crippen LogP contribution in [0.4, 0.5) is 0 Å². The van der Waals surface area contributed by atoms with Gasteiger partial charge in [-0.2, -0.15) is 0 Å². The third kappa shape index (κ3) is 2.36. The van der Waals surface area contributed by atoms with E-state index >= 15 is 0 Å². The Bertz CT molecular complexity index is 262. The van der Waals surface area contributed by atoms with E-state index in [1.165, 1.54) is 7.11 Å². The number of morpholine rings is 1. The Balaban J connectivity index is 1.98. The predicted octanol–water partition coefficient (Wildman–Crippen LogP) is -0.401. The summed E-state index contributed by atoms with van der Waals surface area (Å²) >= 11 is 0. The third-order valence-electron chi connectivity index (χ3n) is 3.46. The summed E-state index contributed by atoms with van der Waals surface area (Å²) in [6.45, 7) is 3.74. The van der Waals surface area contributed by atoms with Gasteiger partial charge in [-0.15, -0.1) is 0 Å². The number of carbonyl (C=O) groups is 1. The van der Waals surface area contributed by atoms with E-state index < -0.39 is 5.54 Å². The molecule has 0 aromatic rings. The molecular formula is C11H20N2O3. The summed E-state index contributed by atoms with van der Waals surface area (Å²) in [6, 6.07) is 0. The van der Waals surface area contributed by atoms with Crippen LogP contribution >= 0.6 is 0 Å². The van der Waals surface area contributed by atoms with Crippen LogP contribution in [0.2, 0.25) is 0 Å². The van der Waals surface area contributed by atoms with Crippen LogP contribution in [-0.2, 0) is 14.3 Å². The van der Waals surface area contributed by atoms with Crippen molar-refractivity contribution in [3.8, 4) is 0 Å². The molecule has 5 nitrogen and oxygen atoms in total. The number of hydrogen-bond acceptors (Lipinski definition) is 5. The van der Waals surface area contributed by atoms with Crippen LogP contribution in [0, 0.1) is 5.92 Å². The number of nitrogens with two attached hydrogens (primary N) is 1. The van der Waals surface area contributed by atoms with Crippen LogP contribution < -0.4 is 5.73 Å². The highest BCUT2D eigenvalue weighted by molar-refractivity contribution is 5.81. The molecule has 16 heavy (non-hydrogen) atoms. The topological polar surface area (TPSA) is 64.8 Å². The molecule has 1 saturated heterocycles. The molecule has 1 aliphatic heterocycles. The van der Waals surface area contributed by atoms with Crippen molar-refractivity contribution in [2.24, 2.45) is 11.7 Å². The largest absolute Gasteiger partial charge is 0.468 e. The molecule has 92 valence electrons. The van der Waals surface area contributed by atoms with Gasteiger partial charge in [0.25, 0.3) is 0 Å². The Morgan fingerprint density at radius 3 is 2.62 bits per heavy atom. The molecule has 1 heterocycles. The van der Waals surface area contributed by atoms with Gasteiger partial charge in [-0.05, 0) is 18.8 Å². The first kappa shape index (κ1) is 11.8. The molecule has 0 radical (unpaired) electrons. The van der Waals surface area contributed by atoms with Gasteiger partial charge >= 0.3 is 5.97 Å². The van der Waals surface area contributed by atoms with E-state index in [0.29, 0.717) is 12.5 Å². The molecule has 1 aliphatic carbocycles. The first-order chi connectivity index (χ1) is 7.66. The minimum Gasteiger partial charge on any atom is -0.468 e. The van der Waals surface area contributed by atoms with Crippen molar-refractivity contribution in [1.82, 2.24) is 4.90 Å². The Morgan fingerprint density at radius 1 is 1.50 bits per heavy atom. The number of nitrogens with zero attached hydrogens (tertiary/aromatic N) is 1. The summed E-state index contributed by atoms with van der Waals surface area (Å²) in [5.74, 6) is 0.0179. The van der Waals surface area contributed by atoms with E-state index in [1.54, 1.807) is 0 Å². The fourth-order valence-corrected chi connectivity index (χ4v) is 2.28. The second kappa shape index (κ2) is 4.69. The predicted molar refractivity (Wildman–Crippen MR) is 58.9 cm³/mol. The lowest BCUT2D eigenvalue weighted by molar-refractivity contribution is -0.149. The lowest BCUT2D eigenvalue weighted by Crippen LogP contribution is -2.59. The third-order valence-corrected chi connectivity index (χ3v) is 3.46. The Morgan fingerprint density at radius 2 is 2.12 bits per heavy atom. The van der Waals surface area contributed by atoms with E-state index in [4.69, 9.17) is 15.2 Å². The lowest BCUT2D eigenvalue weighted by Gasteiger charge is -2.35. The fourth-order valence-electron chi connectivity index (χ4n) is 2.28. The SMILES string of the molecule is COC(=O)C(N)(CN1CCOCC1)C1CC1. The van der Waals surface area contributed by atoms with E-state index in [1.807, 2.05) is 0 Å². The van der Waals surface area contributed by atoms with Crippen LogP contribution in [-0.4, -0.2) is 56.4 Å². The van der Waals surface area contributed by atoms with Gasteiger partial charge in [0.05, 0.1) is 20.3 Å². The van der Waals surface area contributed by atoms with Gasteiger partial charge in [-0.1, -0.05) is 0 Å². The summed E-state index contributed by atoms with van der Waals surface area (Å²) < 4.78 is 10.1. The number of hydrogen-bond donors (Lipinski definition) is 1. The normalized spacial score (nSPS) is 26.1. The standard InChI is InChI=1S/C11H20N2O3/c1-15-10(14)11(12,9-2-3-9)8-13-4-6-16-7-5-13/h9H,2-8,12H2,1H3. The zero-order valence-corrected chi connectivity index (χ0v) is 9.78. The molecule has 0 amide bonds. The van der Waals surface area contributed by atoms with Gasteiger partial charge in [-0.25, -0.2) is 0 Å². The highest BCUT2D eigenvalue weighted by atomic mass is 16.5. The number of ether oxygens (including phenoxy) is 2. The van der Waals surface area contributed by atoms with Crippen molar-refractivity contribution in [3.05, 3.63) is 0 Å². The summed E-state index contributed by atoms with van der Waals surface area (Å²) in [6.07, 6.45) is 2.08. The Labute approximate surface area is 95.9 Å². The highest BCUT2D eigenvalue weighted by Gasteiger charge is 2.49. The summed E-state index contributed by atoms with van der Waals surface area (Å²) in [5.41, 5.74) is 5.42. The number of carbonyl (C=O) groups excluding carboxylic acids is 1. The van der Waals surface area contributed by atoms with E-state index in [9.17, 15) is 4.79 Å². The number of esters is 1. The maximum Gasteiger partial charge on any atom is 0.327 e. The van der Waals surface area contributed by atoms with Gasteiger partial charge < -0.3 is 15.2 Å². The number of rotatable bonds is 4. The molecule has 2 rings (SSSR count). The summed E-state index contributed by atoms with van der Waals surface area (Å²) in [5, 5.41) is 0. The smallest absolute Gasteiger partial charge is 0.327 e. The molecule has 0 aromatic heterocycles. The fraction of sp³-hybridized carbons (Fsp3) is 0.909. The first-order valence-electron chi connectivity index (χ1n) is 5.84. The molecule has 2 aliphatic rings. The van der Waals surface area contributed by atoms with Crippen LogP contribution in [0.5, 0.6) is 0 Å². The minimum atomic E-state index is -0.813. The Kier molecular flexibility index (Phi) is 3.47. The Hall–Kier alpha value is -0.650. The van der Waals surface area contributed by atoms with Crippen LogP contribution in [0.1, 0.15) is 12.8 Å². The van der Waals surface area contributed by atoms with E-state index in [2.05, 4.69) is 4.90 Å². The molecule has 0 spiro atoms. The molecule has 2 N–H and O–H groups in total. The summed E-state index contributed by atoms with van der Waals surface area (Å²) in [7, 11) is 1.41. The molecule has 1 unspecified atom stereocenters. The zero-order chi connectivity index (χ0) is 11.6. The van der Waals surface area contributed by atoms with Gasteiger partial charge in [0, 0.05) is 19.6 Å². The van der Waals surface area contributed by atoms with Crippen molar-refractivity contribution >= 4 is 5.97 Å². The van der Waals surface area contributed by atoms with Crippen molar-refractivity contribution in [2.75, 3.05) is 40.0 Å². The second-order valence-corrected chi connectivity index (χ2v) is 4.69. The second-order valence-electron chi connectivity index (χ2n) is 4.69. The quantitative estimate of drug-likeness (QED) is 0.663. The first-order valence-corrected chi connectivity index (χ1v) is 5.84. The molecule has 1 atom stereocenters. The van der Waals surface area contributed by atoms with Crippen molar-refractivity contribution in [3.63, 3.8) is 0 Å². The van der Waals surface area contributed by atoms with Crippen LogP contribution in [0.25, 0.3) is 0 Å². The van der Waals surface area contributed by atoms with Crippen molar-refractivity contribution in [2.45, 2.75) is 18.4 Å². The van der Waals surface area contributed by atoms with Gasteiger partial charge in [0.2, 0.25) is 0 Å². The van der Waals surface area contributed by atoms with Crippen LogP contribution in [0.15, 0.2) is 0 Å². The van der Waals surface area contributed by atoms with Crippen molar-refractivity contribution < 1.29 is 14.3 Å². The number of methoxy groups -OCH3 is 1. The summed E-state index contributed by atoms with van der Waals surface area (Å²) in [4.78, 5) is 14.0. The van der Waals surface area contributed by atoms with E-state index in [0.717, 1.165) is 39.1 Å². The monoisotopic (exact) mass is 228 g/mol. The van der Waals surface area contributed by atoms with Crippen LogP contribution in [0.3, 0.4) is 0 Å². The lowest BCUT2D eigenvalue weighted by atomic mass is 9.93. The average molecular weight is 228 g/mol. The molecule has 0 aromatic carbocycles. The molecule has 0 bridgehead atoms. The zero-order valence-electron chi connectivity index (χ0n) is 9.78. The van der Waals surface area contributed by atoms with Gasteiger partial charge in [0.1, 0.15) is 5.54 Å². The molecule has 1 saturated carbocycles. The highest BCUT2D eigenvalue weighted by Crippen LogP contribution is 2.39. The van der Waals surface area contributed by atoms with Crippen molar-refractivity contribution in [1.29, 1.82) is 0 Å². The molecule has 5 heteroatoms. The average Bonchev–Trinajstić information content (AvgIpc) is 3.13. The molecular weight excluding hydrogens is 208 g/mol. The molecule has 2 fully saturated rings. The maximum atomic E-state index is 11.8.